The first-order chi connectivity index (χ1) is 8.15. The zero-order chi connectivity index (χ0) is 12.3. The Morgan fingerprint density at radius 2 is 2.41 bits per heavy atom. The highest BCUT2D eigenvalue weighted by Crippen LogP contribution is 2.46. The number of amides is 1. The molecule has 0 spiro atoms. The molecule has 0 aliphatic heterocycles. The Balaban J connectivity index is 1.69. The zero-order valence-electron chi connectivity index (χ0n) is 9.40. The van der Waals surface area contributed by atoms with Crippen molar-refractivity contribution in [1.82, 2.24) is 20.5 Å². The van der Waals surface area contributed by atoms with Crippen LogP contribution in [0.25, 0.3) is 0 Å². The van der Waals surface area contributed by atoms with Crippen LogP contribution in [-0.2, 0) is 11.2 Å². The molecule has 1 aromatic heterocycles. The molecule has 17 heavy (non-hydrogen) atoms. The van der Waals surface area contributed by atoms with Gasteiger partial charge in [-0.1, -0.05) is 12.2 Å². The molecule has 1 fully saturated rings. The van der Waals surface area contributed by atoms with Gasteiger partial charge in [-0.25, -0.2) is 4.98 Å². The molecule has 0 saturated heterocycles. The lowest BCUT2D eigenvalue weighted by atomic mass is 10.1. The van der Waals surface area contributed by atoms with E-state index in [1.54, 1.807) is 0 Å². The Kier molecular flexibility index (Phi) is 3.37. The molecule has 92 valence electrons. The Labute approximate surface area is 104 Å². The van der Waals surface area contributed by atoms with Gasteiger partial charge in [-0.05, 0) is 19.3 Å². The number of aryl methyl sites for hydroxylation is 1. The monoisotopic (exact) mass is 253 g/mol. The predicted molar refractivity (Wildman–Crippen MR) is 66.2 cm³/mol. The normalized spacial score (nSPS) is 16.5. The van der Waals surface area contributed by atoms with E-state index in [1.165, 1.54) is 6.33 Å². The van der Waals surface area contributed by atoms with Crippen LogP contribution in [0.2, 0.25) is 0 Å². The van der Waals surface area contributed by atoms with Crippen molar-refractivity contribution in [3.8, 4) is 0 Å². The quantitative estimate of drug-likeness (QED) is 0.487. The van der Waals surface area contributed by atoms with Crippen LogP contribution >= 0.6 is 12.2 Å². The van der Waals surface area contributed by atoms with Gasteiger partial charge in [-0.2, -0.15) is 5.10 Å². The lowest BCUT2D eigenvalue weighted by Gasteiger charge is -2.13. The van der Waals surface area contributed by atoms with Gasteiger partial charge in [0.25, 0.3) is 0 Å². The highest BCUT2D eigenvalue weighted by atomic mass is 32.1. The van der Waals surface area contributed by atoms with E-state index in [-0.39, 0.29) is 5.91 Å². The van der Waals surface area contributed by atoms with Gasteiger partial charge in [-0.3, -0.25) is 9.89 Å². The van der Waals surface area contributed by atoms with Crippen LogP contribution in [-0.4, -0.2) is 32.6 Å². The maximum Gasteiger partial charge on any atom is 0.233 e. The molecule has 1 aliphatic carbocycles. The SMILES string of the molecule is NC(=S)C1(C(=O)NCCCc2ncn[nH]2)CC1. The van der Waals surface area contributed by atoms with Crippen molar-refractivity contribution in [2.75, 3.05) is 6.54 Å². The molecule has 4 N–H and O–H groups in total. The fraction of sp³-hybridized carbons (Fsp3) is 0.600. The number of carbonyl (C=O) groups excluding carboxylic acids is 1. The zero-order valence-corrected chi connectivity index (χ0v) is 10.2. The summed E-state index contributed by atoms with van der Waals surface area (Å²) >= 11 is 4.91. The molecule has 1 saturated carbocycles. The lowest BCUT2D eigenvalue weighted by molar-refractivity contribution is -0.124. The molecular formula is C10H15N5OS. The molecule has 2 rings (SSSR count). The fourth-order valence-corrected chi connectivity index (χ4v) is 1.99. The van der Waals surface area contributed by atoms with Crippen LogP contribution in [0, 0.1) is 5.41 Å². The summed E-state index contributed by atoms with van der Waals surface area (Å²) in [6, 6.07) is 0. The molecule has 1 aliphatic rings. The van der Waals surface area contributed by atoms with Crippen molar-refractivity contribution in [2.45, 2.75) is 25.7 Å². The van der Waals surface area contributed by atoms with Gasteiger partial charge in [0.1, 0.15) is 12.2 Å². The fourth-order valence-electron chi connectivity index (χ4n) is 1.69. The summed E-state index contributed by atoms with van der Waals surface area (Å²) in [5.74, 6) is 0.789. The van der Waals surface area contributed by atoms with Gasteiger partial charge in [0, 0.05) is 13.0 Å². The van der Waals surface area contributed by atoms with Gasteiger partial charge in [-0.15, -0.1) is 0 Å². The first-order valence-corrected chi connectivity index (χ1v) is 5.98. The highest BCUT2D eigenvalue weighted by Gasteiger charge is 2.52. The van der Waals surface area contributed by atoms with Crippen LogP contribution in [0.5, 0.6) is 0 Å². The van der Waals surface area contributed by atoms with Crippen LogP contribution in [0.15, 0.2) is 6.33 Å². The molecule has 0 unspecified atom stereocenters. The summed E-state index contributed by atoms with van der Waals surface area (Å²) < 4.78 is 0. The number of aromatic nitrogens is 3. The molecular weight excluding hydrogens is 238 g/mol. The van der Waals surface area contributed by atoms with Crippen LogP contribution in [0.4, 0.5) is 0 Å². The second kappa shape index (κ2) is 4.79. The number of hydrogen-bond donors (Lipinski definition) is 3. The second-order valence-electron chi connectivity index (χ2n) is 4.24. The number of nitrogens with zero attached hydrogens (tertiary/aromatic N) is 2. The molecule has 0 radical (unpaired) electrons. The third-order valence-corrected chi connectivity index (χ3v) is 3.39. The predicted octanol–water partition coefficient (Wildman–Crippen LogP) is -0.0802. The molecule has 1 amide bonds. The van der Waals surface area contributed by atoms with E-state index in [9.17, 15) is 4.79 Å². The Hall–Kier alpha value is -1.50. The van der Waals surface area contributed by atoms with Crippen molar-refractivity contribution < 1.29 is 4.79 Å². The van der Waals surface area contributed by atoms with E-state index in [0.717, 1.165) is 31.5 Å². The summed E-state index contributed by atoms with van der Waals surface area (Å²) in [6.07, 6.45) is 4.60. The summed E-state index contributed by atoms with van der Waals surface area (Å²) in [7, 11) is 0. The molecule has 0 aromatic carbocycles. The van der Waals surface area contributed by atoms with Gasteiger partial charge in [0.05, 0.1) is 10.4 Å². The Morgan fingerprint density at radius 1 is 1.65 bits per heavy atom. The second-order valence-corrected chi connectivity index (χ2v) is 4.68. The molecule has 6 nitrogen and oxygen atoms in total. The van der Waals surface area contributed by atoms with E-state index < -0.39 is 5.41 Å². The highest BCUT2D eigenvalue weighted by molar-refractivity contribution is 7.80. The first kappa shape index (κ1) is 12.0. The average Bonchev–Trinajstić information content (AvgIpc) is 2.97. The molecule has 7 heteroatoms. The van der Waals surface area contributed by atoms with E-state index >= 15 is 0 Å². The summed E-state index contributed by atoms with van der Waals surface area (Å²) in [6.45, 7) is 0.601. The number of aromatic amines is 1. The third-order valence-electron chi connectivity index (χ3n) is 3.00. The minimum Gasteiger partial charge on any atom is -0.392 e. The average molecular weight is 253 g/mol. The van der Waals surface area contributed by atoms with Crippen molar-refractivity contribution in [3.05, 3.63) is 12.2 Å². The number of rotatable bonds is 6. The van der Waals surface area contributed by atoms with Gasteiger partial charge < -0.3 is 11.1 Å². The maximum atomic E-state index is 11.8. The van der Waals surface area contributed by atoms with Gasteiger partial charge in [0.2, 0.25) is 5.91 Å². The number of H-pyrrole nitrogens is 1. The molecule has 0 atom stereocenters. The first-order valence-electron chi connectivity index (χ1n) is 5.57. The standard InChI is InChI=1S/C10H15N5OS/c11-8(17)10(3-4-10)9(16)12-5-1-2-7-13-6-14-15-7/h6H,1-5H2,(H2,11,17)(H,12,16)(H,13,14,15). The van der Waals surface area contributed by atoms with Crippen LogP contribution in [0.3, 0.4) is 0 Å². The van der Waals surface area contributed by atoms with E-state index in [1.807, 2.05) is 0 Å². The summed E-state index contributed by atoms with van der Waals surface area (Å²) in [5, 5.41) is 9.38. The Bertz CT molecular complexity index is 412. The van der Waals surface area contributed by atoms with E-state index in [2.05, 4.69) is 20.5 Å². The molecule has 1 aromatic rings. The lowest BCUT2D eigenvalue weighted by Crippen LogP contribution is -2.40. The topological polar surface area (TPSA) is 96.7 Å². The van der Waals surface area contributed by atoms with Crippen molar-refractivity contribution in [2.24, 2.45) is 11.1 Å². The maximum absolute atomic E-state index is 11.8. The third kappa shape index (κ3) is 2.60. The van der Waals surface area contributed by atoms with Gasteiger partial charge in [0.15, 0.2) is 0 Å². The summed E-state index contributed by atoms with van der Waals surface area (Å²) in [4.78, 5) is 16.1. The number of nitrogens with two attached hydrogens (primary N) is 1. The minimum atomic E-state index is -0.554. The van der Waals surface area contributed by atoms with Crippen LogP contribution in [0.1, 0.15) is 25.1 Å². The Morgan fingerprint density at radius 3 is 2.94 bits per heavy atom. The van der Waals surface area contributed by atoms with Crippen molar-refractivity contribution in [3.63, 3.8) is 0 Å². The van der Waals surface area contributed by atoms with Gasteiger partial charge >= 0.3 is 0 Å². The minimum absolute atomic E-state index is 0.0393. The summed E-state index contributed by atoms with van der Waals surface area (Å²) in [5.41, 5.74) is 5.01. The van der Waals surface area contributed by atoms with Crippen molar-refractivity contribution >= 4 is 23.1 Å². The number of nitrogens with one attached hydrogen (secondary N) is 2. The van der Waals surface area contributed by atoms with Crippen molar-refractivity contribution in [1.29, 1.82) is 0 Å². The van der Waals surface area contributed by atoms with Crippen LogP contribution < -0.4 is 11.1 Å². The van der Waals surface area contributed by atoms with E-state index in [0.29, 0.717) is 11.5 Å². The molecule has 1 heterocycles. The molecule has 0 bridgehead atoms. The number of hydrogen-bond acceptors (Lipinski definition) is 4. The van der Waals surface area contributed by atoms with E-state index in [4.69, 9.17) is 18.0 Å². The number of carbonyl (C=O) groups is 1. The number of thiocarbonyl (C=S) groups is 1. The smallest absolute Gasteiger partial charge is 0.233 e. The largest absolute Gasteiger partial charge is 0.392 e.